The van der Waals surface area contributed by atoms with Crippen molar-refractivity contribution in [3.05, 3.63) is 89.0 Å². The second kappa shape index (κ2) is 14.6. The van der Waals surface area contributed by atoms with Crippen LogP contribution in [0.15, 0.2) is 71.6 Å². The predicted molar refractivity (Wildman–Crippen MR) is 205 cm³/mol. The first kappa shape index (κ1) is 36.9. The normalized spacial score (nSPS) is 16.0. The molecule has 1 aliphatic rings. The first-order valence-corrected chi connectivity index (χ1v) is 19.6. The second-order valence-corrected chi connectivity index (χ2v) is 17.7. The van der Waals surface area contributed by atoms with Gasteiger partial charge in [-0.1, -0.05) is 76.3 Å². The molecule has 2 aromatic heterocycles. The van der Waals surface area contributed by atoms with Crippen LogP contribution in [0.2, 0.25) is 0 Å². The zero-order valence-electron chi connectivity index (χ0n) is 30.5. The summed E-state index contributed by atoms with van der Waals surface area (Å²) in [7, 11) is -4.19. The molecular formula is C39H44N6O5S2. The van der Waals surface area contributed by atoms with Crippen LogP contribution in [0.4, 0.5) is 11.1 Å². The lowest BCUT2D eigenvalue weighted by Gasteiger charge is -2.36. The summed E-state index contributed by atoms with van der Waals surface area (Å²) >= 11 is 1.38. The van der Waals surface area contributed by atoms with E-state index in [2.05, 4.69) is 45.8 Å². The minimum atomic E-state index is -4.19. The maximum atomic E-state index is 14.6. The number of nitrogens with zero attached hydrogens (tertiary/aromatic N) is 4. The van der Waals surface area contributed by atoms with Gasteiger partial charge in [0.15, 0.2) is 5.13 Å². The van der Waals surface area contributed by atoms with Gasteiger partial charge < -0.3 is 15.0 Å². The van der Waals surface area contributed by atoms with Crippen LogP contribution >= 0.6 is 11.3 Å². The fourth-order valence-corrected chi connectivity index (χ4v) is 8.34. The quantitative estimate of drug-likeness (QED) is 0.171. The lowest BCUT2D eigenvalue weighted by Crippen LogP contribution is -2.45. The zero-order valence-corrected chi connectivity index (χ0v) is 32.1. The molecule has 1 aliphatic heterocycles. The van der Waals surface area contributed by atoms with Gasteiger partial charge in [-0.2, -0.15) is 4.98 Å². The number of thiazole rings is 1. The van der Waals surface area contributed by atoms with Crippen LogP contribution in [0, 0.1) is 25.2 Å². The van der Waals surface area contributed by atoms with Crippen molar-refractivity contribution in [1.29, 1.82) is 0 Å². The van der Waals surface area contributed by atoms with Crippen molar-refractivity contribution in [2.45, 2.75) is 78.8 Å². The first-order valence-electron chi connectivity index (χ1n) is 17.3. The van der Waals surface area contributed by atoms with E-state index in [9.17, 15) is 18.0 Å². The molecule has 3 aromatic carbocycles. The maximum Gasteiger partial charge on any atom is 0.264 e. The molecule has 6 rings (SSSR count). The van der Waals surface area contributed by atoms with Crippen molar-refractivity contribution < 1.29 is 22.7 Å². The van der Waals surface area contributed by atoms with E-state index in [0.29, 0.717) is 23.7 Å². The van der Waals surface area contributed by atoms with Gasteiger partial charge in [-0.3, -0.25) is 9.59 Å². The Morgan fingerprint density at radius 3 is 2.46 bits per heavy atom. The SMILES string of the molecule is Cc1cccc(C)c1-c1cc2nc(n1)NS(=O)(=O)c1cccc(c1)C(=O)N(Cc1ccc3nc(NC(=O)CC(C)C)sc3c1)[C@H](CC(C)(C)C)CO2. The molecule has 272 valence electrons. The molecule has 2 N–H and O–H groups in total. The van der Waals surface area contributed by atoms with E-state index in [0.717, 1.165) is 32.5 Å². The first-order chi connectivity index (χ1) is 24.5. The van der Waals surface area contributed by atoms with Crippen LogP contribution in [0.25, 0.3) is 21.5 Å². The Labute approximate surface area is 308 Å². The van der Waals surface area contributed by atoms with Crippen LogP contribution in [-0.2, 0) is 21.4 Å². The van der Waals surface area contributed by atoms with E-state index in [4.69, 9.17) is 4.74 Å². The van der Waals surface area contributed by atoms with Gasteiger partial charge in [0.1, 0.15) is 6.61 Å². The monoisotopic (exact) mass is 740 g/mol. The van der Waals surface area contributed by atoms with E-state index in [1.54, 1.807) is 23.1 Å². The molecule has 1 atom stereocenters. The van der Waals surface area contributed by atoms with E-state index < -0.39 is 16.1 Å². The fraction of sp³-hybridized carbons (Fsp3) is 0.359. The number of sulfonamides is 1. The molecule has 2 amide bonds. The van der Waals surface area contributed by atoms with E-state index in [1.165, 1.54) is 23.5 Å². The highest BCUT2D eigenvalue weighted by Crippen LogP contribution is 2.33. The number of aromatic nitrogens is 3. The van der Waals surface area contributed by atoms with Gasteiger partial charge in [0.2, 0.25) is 17.7 Å². The number of carbonyl (C=O) groups is 2. The standard InChI is InChI=1S/C39H44N6O5S2/c1-23(2)16-33(46)42-38-41-30-15-14-26(17-32(30)51-38)21-45-28(20-39(5,6)7)22-50-34-19-31(35-24(3)10-8-11-25(35)4)40-37(43-34)44-52(48,49)29-13-9-12-27(18-29)36(45)47/h8-15,17-19,23,28H,16,20-22H2,1-7H3,(H,40,43,44)(H,41,42,46)/t28-/m1/s1. The summed E-state index contributed by atoms with van der Waals surface area (Å²) < 4.78 is 37.3. The number of anilines is 2. The minimum absolute atomic E-state index is 0.0866. The molecule has 3 heterocycles. The highest BCUT2D eigenvalue weighted by molar-refractivity contribution is 7.92. The number of nitrogens with one attached hydrogen (secondary N) is 2. The Kier molecular flexibility index (Phi) is 10.4. The smallest absolute Gasteiger partial charge is 0.264 e. The average Bonchev–Trinajstić information content (AvgIpc) is 3.45. The minimum Gasteiger partial charge on any atom is -0.475 e. The zero-order chi connectivity index (χ0) is 37.4. The van der Waals surface area contributed by atoms with Crippen molar-refractivity contribution in [1.82, 2.24) is 19.9 Å². The van der Waals surface area contributed by atoms with Crippen molar-refractivity contribution >= 4 is 54.5 Å². The molecule has 52 heavy (non-hydrogen) atoms. The van der Waals surface area contributed by atoms with E-state index >= 15 is 0 Å². The number of ether oxygens (including phenoxy) is 1. The van der Waals surface area contributed by atoms with E-state index in [-0.39, 0.29) is 58.6 Å². The van der Waals surface area contributed by atoms with E-state index in [1.807, 2.05) is 64.1 Å². The maximum absolute atomic E-state index is 14.6. The molecule has 0 fully saturated rings. The Balaban J connectivity index is 1.43. The van der Waals surface area contributed by atoms with Gasteiger partial charge in [0.05, 0.1) is 26.8 Å². The third-order valence-corrected chi connectivity index (χ3v) is 10.9. The summed E-state index contributed by atoms with van der Waals surface area (Å²) in [5.74, 6) is -0.153. The second-order valence-electron chi connectivity index (χ2n) is 14.9. The van der Waals surface area contributed by atoms with Gasteiger partial charge in [0, 0.05) is 30.2 Å². The lowest BCUT2D eigenvalue weighted by molar-refractivity contribution is -0.116. The fourth-order valence-electron chi connectivity index (χ4n) is 6.41. The number of benzene rings is 3. The molecule has 0 unspecified atom stereocenters. The molecular weight excluding hydrogens is 697 g/mol. The number of fused-ring (bicyclic) bond motifs is 5. The summed E-state index contributed by atoms with van der Waals surface area (Å²) in [6.45, 7) is 14.5. The third-order valence-electron chi connectivity index (χ3n) is 8.68. The predicted octanol–water partition coefficient (Wildman–Crippen LogP) is 8.00. The molecule has 0 radical (unpaired) electrons. The molecule has 0 aliphatic carbocycles. The van der Waals surface area contributed by atoms with Crippen LogP contribution < -0.4 is 14.8 Å². The number of aryl methyl sites for hydroxylation is 2. The Morgan fingerprint density at radius 2 is 1.75 bits per heavy atom. The molecule has 0 saturated heterocycles. The number of hydrogen-bond donors (Lipinski definition) is 2. The average molecular weight is 741 g/mol. The van der Waals surface area contributed by atoms with Crippen LogP contribution in [0.1, 0.15) is 74.5 Å². The van der Waals surface area contributed by atoms with Crippen molar-refractivity contribution in [2.24, 2.45) is 11.3 Å². The number of carbonyl (C=O) groups excluding carboxylic acids is 2. The van der Waals surface area contributed by atoms with Gasteiger partial charge in [0.25, 0.3) is 15.9 Å². The van der Waals surface area contributed by atoms with Crippen LogP contribution in [0.5, 0.6) is 5.88 Å². The highest BCUT2D eigenvalue weighted by Gasteiger charge is 2.32. The summed E-state index contributed by atoms with van der Waals surface area (Å²) in [5.41, 5.74) is 4.90. The summed E-state index contributed by atoms with van der Waals surface area (Å²) in [6, 6.07) is 19.0. The Bertz CT molecular complexity index is 2240. The number of hydrogen-bond acceptors (Lipinski definition) is 9. The molecule has 0 spiro atoms. The molecule has 13 heteroatoms. The van der Waals surface area contributed by atoms with Crippen molar-refractivity contribution in [3.8, 4) is 17.1 Å². The molecule has 11 nitrogen and oxygen atoms in total. The summed E-state index contributed by atoms with van der Waals surface area (Å²) in [6.07, 6.45) is 0.975. The van der Waals surface area contributed by atoms with Gasteiger partial charge in [-0.05, 0) is 78.6 Å². The lowest BCUT2D eigenvalue weighted by atomic mass is 9.87. The van der Waals surface area contributed by atoms with Crippen molar-refractivity contribution in [2.75, 3.05) is 16.6 Å². The van der Waals surface area contributed by atoms with Crippen molar-refractivity contribution in [3.63, 3.8) is 0 Å². The molecule has 0 saturated carbocycles. The topological polar surface area (TPSA) is 143 Å². The third kappa shape index (κ3) is 8.59. The Morgan fingerprint density at radius 1 is 1.02 bits per heavy atom. The number of amides is 2. The van der Waals surface area contributed by atoms with Gasteiger partial charge >= 0.3 is 0 Å². The highest BCUT2D eigenvalue weighted by atomic mass is 32.2. The molecule has 5 aromatic rings. The Hall–Kier alpha value is -4.88. The number of rotatable bonds is 7. The van der Waals surface area contributed by atoms with Crippen LogP contribution in [-0.4, -0.2) is 52.7 Å². The molecule has 4 bridgehead atoms. The summed E-state index contributed by atoms with van der Waals surface area (Å²) in [4.78, 5) is 42.4. The largest absolute Gasteiger partial charge is 0.475 e. The van der Waals surface area contributed by atoms with Gasteiger partial charge in [-0.15, -0.1) is 0 Å². The van der Waals surface area contributed by atoms with Crippen LogP contribution in [0.3, 0.4) is 0 Å². The van der Waals surface area contributed by atoms with Gasteiger partial charge in [-0.25, -0.2) is 23.1 Å². The summed E-state index contributed by atoms with van der Waals surface area (Å²) in [5, 5.41) is 3.42.